The number of carboxylic acids is 1. The molecule has 118 valence electrons. The molecule has 0 aliphatic carbocycles. The fourth-order valence-electron chi connectivity index (χ4n) is 2.46. The van der Waals surface area contributed by atoms with Crippen molar-refractivity contribution in [2.45, 2.75) is 63.2 Å². The predicted octanol–water partition coefficient (Wildman–Crippen LogP) is 1.94. The van der Waals surface area contributed by atoms with E-state index in [4.69, 9.17) is 0 Å². The van der Waals surface area contributed by atoms with Crippen LogP contribution in [0.1, 0.15) is 44.9 Å². The number of rotatable bonds is 8. The molecule has 0 bridgehead atoms. The molecule has 0 saturated carbocycles. The zero-order chi connectivity index (χ0) is 15.1. The van der Waals surface area contributed by atoms with Crippen molar-refractivity contribution in [2.75, 3.05) is 12.3 Å². The summed E-state index contributed by atoms with van der Waals surface area (Å²) < 4.78 is 2.20. The SMILES string of the molecule is CCCNC(CCSc1nnc2n1CCCCC2)C(=O)O. The molecule has 0 aromatic carbocycles. The van der Waals surface area contributed by atoms with Gasteiger partial charge in [0, 0.05) is 18.7 Å². The predicted molar refractivity (Wildman–Crippen MR) is 82.6 cm³/mol. The second-order valence-electron chi connectivity index (χ2n) is 5.34. The van der Waals surface area contributed by atoms with E-state index in [2.05, 4.69) is 20.1 Å². The number of carbonyl (C=O) groups is 1. The summed E-state index contributed by atoms with van der Waals surface area (Å²) in [5.41, 5.74) is 0. The van der Waals surface area contributed by atoms with Crippen LogP contribution in [0.3, 0.4) is 0 Å². The number of nitrogens with zero attached hydrogens (tertiary/aromatic N) is 3. The minimum absolute atomic E-state index is 0.469. The molecule has 1 atom stereocenters. The Morgan fingerprint density at radius 1 is 1.43 bits per heavy atom. The van der Waals surface area contributed by atoms with Crippen LogP contribution < -0.4 is 5.32 Å². The summed E-state index contributed by atoms with van der Waals surface area (Å²) in [6.45, 7) is 3.76. The molecular formula is C14H24N4O2S. The van der Waals surface area contributed by atoms with E-state index in [1.54, 1.807) is 11.8 Å². The van der Waals surface area contributed by atoms with E-state index in [0.29, 0.717) is 6.42 Å². The fraction of sp³-hybridized carbons (Fsp3) is 0.786. The number of aromatic nitrogens is 3. The van der Waals surface area contributed by atoms with Gasteiger partial charge in [-0.2, -0.15) is 0 Å². The summed E-state index contributed by atoms with van der Waals surface area (Å²) in [4.78, 5) is 11.2. The van der Waals surface area contributed by atoms with Crippen molar-refractivity contribution in [1.29, 1.82) is 0 Å². The Morgan fingerprint density at radius 3 is 3.05 bits per heavy atom. The van der Waals surface area contributed by atoms with Gasteiger partial charge in [0.1, 0.15) is 11.9 Å². The lowest BCUT2D eigenvalue weighted by atomic mass is 10.2. The number of thioether (sulfide) groups is 1. The molecule has 2 N–H and O–H groups in total. The van der Waals surface area contributed by atoms with Gasteiger partial charge in [-0.1, -0.05) is 25.1 Å². The Balaban J connectivity index is 1.85. The molecule has 1 unspecified atom stereocenters. The van der Waals surface area contributed by atoms with Crippen molar-refractivity contribution in [3.8, 4) is 0 Å². The summed E-state index contributed by atoms with van der Waals surface area (Å²) >= 11 is 1.62. The molecule has 0 radical (unpaired) electrons. The van der Waals surface area contributed by atoms with Crippen LogP contribution in [-0.4, -0.2) is 44.2 Å². The van der Waals surface area contributed by atoms with Gasteiger partial charge in [0.05, 0.1) is 0 Å². The quantitative estimate of drug-likeness (QED) is 0.714. The molecule has 2 rings (SSSR count). The van der Waals surface area contributed by atoms with Crippen molar-refractivity contribution in [2.24, 2.45) is 0 Å². The first-order valence-corrected chi connectivity index (χ1v) is 8.72. The maximum Gasteiger partial charge on any atom is 0.320 e. The number of hydrogen-bond donors (Lipinski definition) is 2. The first kappa shape index (κ1) is 16.3. The standard InChI is InChI=1S/C14H24N4O2S/c1-2-8-15-11(13(19)20)7-10-21-14-17-16-12-6-4-3-5-9-18(12)14/h11,15H,2-10H2,1H3,(H,19,20). The normalized spacial score (nSPS) is 16.2. The zero-order valence-electron chi connectivity index (χ0n) is 12.5. The zero-order valence-corrected chi connectivity index (χ0v) is 13.4. The highest BCUT2D eigenvalue weighted by Gasteiger charge is 2.18. The van der Waals surface area contributed by atoms with E-state index < -0.39 is 12.0 Å². The molecule has 1 aromatic heterocycles. The highest BCUT2D eigenvalue weighted by molar-refractivity contribution is 7.99. The molecule has 1 aliphatic rings. The number of aryl methyl sites for hydroxylation is 1. The Labute approximate surface area is 129 Å². The second-order valence-corrected chi connectivity index (χ2v) is 6.41. The Kier molecular flexibility index (Phi) is 6.50. The molecule has 6 nitrogen and oxygen atoms in total. The maximum absolute atomic E-state index is 11.2. The Hall–Kier alpha value is -1.08. The number of fused-ring (bicyclic) bond motifs is 1. The molecule has 0 amide bonds. The molecule has 0 fully saturated rings. The molecule has 7 heteroatoms. The van der Waals surface area contributed by atoms with Crippen molar-refractivity contribution in [1.82, 2.24) is 20.1 Å². The van der Waals surface area contributed by atoms with Crippen LogP contribution in [0.15, 0.2) is 5.16 Å². The van der Waals surface area contributed by atoms with Crippen LogP contribution in [0.5, 0.6) is 0 Å². The smallest absolute Gasteiger partial charge is 0.320 e. The summed E-state index contributed by atoms with van der Waals surface area (Å²) in [6.07, 6.45) is 6.15. The van der Waals surface area contributed by atoms with E-state index in [1.165, 1.54) is 19.3 Å². The van der Waals surface area contributed by atoms with Gasteiger partial charge in [-0.25, -0.2) is 0 Å². The molecule has 0 saturated heterocycles. The topological polar surface area (TPSA) is 80.0 Å². The summed E-state index contributed by atoms with van der Waals surface area (Å²) in [7, 11) is 0. The van der Waals surface area contributed by atoms with Crippen LogP contribution in [-0.2, 0) is 17.8 Å². The number of hydrogen-bond acceptors (Lipinski definition) is 5. The average molecular weight is 312 g/mol. The van der Waals surface area contributed by atoms with E-state index in [9.17, 15) is 9.90 Å². The highest BCUT2D eigenvalue weighted by Crippen LogP contribution is 2.22. The van der Waals surface area contributed by atoms with Gasteiger partial charge >= 0.3 is 5.97 Å². The molecule has 1 aliphatic heterocycles. The Bertz CT molecular complexity index is 464. The van der Waals surface area contributed by atoms with Gasteiger partial charge in [0.2, 0.25) is 0 Å². The van der Waals surface area contributed by atoms with Gasteiger partial charge in [0.25, 0.3) is 0 Å². The van der Waals surface area contributed by atoms with Crippen LogP contribution >= 0.6 is 11.8 Å². The molecule has 21 heavy (non-hydrogen) atoms. The lowest BCUT2D eigenvalue weighted by molar-refractivity contribution is -0.139. The van der Waals surface area contributed by atoms with Crippen LogP contribution in [0.25, 0.3) is 0 Å². The second kappa shape index (κ2) is 8.38. The molecule has 2 heterocycles. The first-order valence-electron chi connectivity index (χ1n) is 7.73. The number of aliphatic carboxylic acids is 1. The molecule has 1 aromatic rings. The first-order chi connectivity index (χ1) is 10.2. The summed E-state index contributed by atoms with van der Waals surface area (Å²) in [5, 5.41) is 21.7. The highest BCUT2D eigenvalue weighted by atomic mass is 32.2. The van der Waals surface area contributed by atoms with E-state index in [1.807, 2.05) is 6.92 Å². The maximum atomic E-state index is 11.2. The van der Waals surface area contributed by atoms with Gasteiger partial charge in [-0.15, -0.1) is 10.2 Å². The lowest BCUT2D eigenvalue weighted by Crippen LogP contribution is -2.37. The van der Waals surface area contributed by atoms with Crippen molar-refractivity contribution >= 4 is 17.7 Å². The van der Waals surface area contributed by atoms with Crippen molar-refractivity contribution in [3.05, 3.63) is 5.82 Å². The van der Waals surface area contributed by atoms with Gasteiger partial charge < -0.3 is 15.0 Å². The van der Waals surface area contributed by atoms with Crippen LogP contribution in [0.4, 0.5) is 0 Å². The molecular weight excluding hydrogens is 288 g/mol. The number of nitrogens with one attached hydrogen (secondary N) is 1. The van der Waals surface area contributed by atoms with Gasteiger partial charge in [0.15, 0.2) is 5.16 Å². The van der Waals surface area contributed by atoms with Crippen LogP contribution in [0, 0.1) is 0 Å². The van der Waals surface area contributed by atoms with E-state index in [0.717, 1.165) is 42.7 Å². The van der Waals surface area contributed by atoms with Crippen LogP contribution in [0.2, 0.25) is 0 Å². The average Bonchev–Trinajstić information content (AvgIpc) is 2.70. The fourth-order valence-corrected chi connectivity index (χ4v) is 3.45. The number of carboxylic acid groups (broad SMARTS) is 1. The van der Waals surface area contributed by atoms with Gasteiger partial charge in [-0.05, 0) is 32.2 Å². The minimum atomic E-state index is -0.774. The minimum Gasteiger partial charge on any atom is -0.480 e. The molecule has 0 spiro atoms. The monoisotopic (exact) mass is 312 g/mol. The van der Waals surface area contributed by atoms with E-state index >= 15 is 0 Å². The summed E-state index contributed by atoms with van der Waals surface area (Å²) in [6, 6.07) is -0.469. The van der Waals surface area contributed by atoms with E-state index in [-0.39, 0.29) is 0 Å². The van der Waals surface area contributed by atoms with Crippen molar-refractivity contribution in [3.63, 3.8) is 0 Å². The van der Waals surface area contributed by atoms with Crippen molar-refractivity contribution < 1.29 is 9.90 Å². The third-order valence-electron chi connectivity index (χ3n) is 3.65. The Morgan fingerprint density at radius 2 is 2.29 bits per heavy atom. The largest absolute Gasteiger partial charge is 0.480 e. The van der Waals surface area contributed by atoms with Gasteiger partial charge in [-0.3, -0.25) is 4.79 Å². The summed E-state index contributed by atoms with van der Waals surface area (Å²) in [5.74, 6) is 1.05. The third kappa shape index (κ3) is 4.71. The third-order valence-corrected chi connectivity index (χ3v) is 4.65. The lowest BCUT2D eigenvalue weighted by Gasteiger charge is -2.13.